The molecule has 0 N–H and O–H groups in total. The van der Waals surface area contributed by atoms with Gasteiger partial charge in [-0.15, -0.1) is 0 Å². The molecular formula is C6H9NO3S. The first-order chi connectivity index (χ1) is 4.97. The maximum absolute atomic E-state index is 10.8. The van der Waals surface area contributed by atoms with E-state index in [9.17, 15) is 13.2 Å². The second-order valence-corrected chi connectivity index (χ2v) is 5.14. The first-order valence-corrected chi connectivity index (χ1v) is 5.30. The molecule has 0 saturated heterocycles. The topological polar surface area (TPSA) is 63.6 Å². The van der Waals surface area contributed by atoms with Gasteiger partial charge in [-0.1, -0.05) is 0 Å². The van der Waals surface area contributed by atoms with Crippen LogP contribution in [0.1, 0.15) is 12.8 Å². The predicted molar refractivity (Wildman–Crippen MR) is 39.8 cm³/mol. The first-order valence-electron chi connectivity index (χ1n) is 3.24. The molecule has 5 heteroatoms. The van der Waals surface area contributed by atoms with Crippen molar-refractivity contribution in [1.82, 2.24) is 0 Å². The molecule has 1 aliphatic carbocycles. The van der Waals surface area contributed by atoms with Crippen LogP contribution in [-0.4, -0.2) is 32.0 Å². The molecule has 0 aromatic carbocycles. The van der Waals surface area contributed by atoms with Crippen LogP contribution in [0.4, 0.5) is 0 Å². The van der Waals surface area contributed by atoms with E-state index < -0.39 is 15.4 Å². The fourth-order valence-corrected chi connectivity index (χ4v) is 2.35. The van der Waals surface area contributed by atoms with Gasteiger partial charge in [-0.25, -0.2) is 13.2 Å². The molecule has 0 amide bonds. The zero-order valence-electron chi connectivity index (χ0n) is 6.20. The summed E-state index contributed by atoms with van der Waals surface area (Å²) in [7, 11) is -3.01. The Morgan fingerprint density at radius 3 is 2.36 bits per heavy atom. The Hall–Kier alpha value is -0.670. The van der Waals surface area contributed by atoms with Gasteiger partial charge < -0.3 is 0 Å². The summed E-state index contributed by atoms with van der Waals surface area (Å²) in [6.45, 7) is 0. The Morgan fingerprint density at radius 2 is 2.09 bits per heavy atom. The van der Waals surface area contributed by atoms with Gasteiger partial charge >= 0.3 is 0 Å². The summed E-state index contributed by atoms with van der Waals surface area (Å²) in [6.07, 6.45) is 3.93. The summed E-state index contributed by atoms with van der Waals surface area (Å²) < 4.78 is 21.5. The van der Waals surface area contributed by atoms with Gasteiger partial charge in [0, 0.05) is 6.26 Å². The summed E-state index contributed by atoms with van der Waals surface area (Å²) in [6, 6.07) is 0. The Balaban J connectivity index is 2.70. The number of carbonyl (C=O) groups excluding carboxylic acids is 1. The minimum absolute atomic E-state index is 0.0186. The van der Waals surface area contributed by atoms with Gasteiger partial charge in [-0.3, -0.25) is 0 Å². The zero-order valence-corrected chi connectivity index (χ0v) is 7.02. The number of isocyanates is 1. The lowest BCUT2D eigenvalue weighted by atomic mass is 10.3. The van der Waals surface area contributed by atoms with Crippen molar-refractivity contribution >= 4 is 15.9 Å². The summed E-state index contributed by atoms with van der Waals surface area (Å²) >= 11 is 0. The monoisotopic (exact) mass is 175 g/mol. The fraction of sp³-hybridized carbons (Fsp3) is 0.833. The van der Waals surface area contributed by atoms with Crippen molar-refractivity contribution in [3.63, 3.8) is 0 Å². The van der Waals surface area contributed by atoms with Gasteiger partial charge in [0.25, 0.3) is 0 Å². The molecule has 0 spiro atoms. The SMILES string of the molecule is CS(=O)(=O)CC1(N=C=O)CC1. The minimum atomic E-state index is -3.01. The molecule has 0 unspecified atom stereocenters. The van der Waals surface area contributed by atoms with E-state index in [1.807, 2.05) is 0 Å². The summed E-state index contributed by atoms with van der Waals surface area (Å²) in [5, 5.41) is 0. The minimum Gasteiger partial charge on any atom is -0.229 e. The quantitative estimate of drug-likeness (QED) is 0.444. The van der Waals surface area contributed by atoms with E-state index in [1.165, 1.54) is 6.08 Å². The van der Waals surface area contributed by atoms with Crippen LogP contribution in [0.3, 0.4) is 0 Å². The fourth-order valence-electron chi connectivity index (χ4n) is 1.02. The number of hydrogen-bond acceptors (Lipinski definition) is 4. The van der Waals surface area contributed by atoms with Crippen molar-refractivity contribution in [3.05, 3.63) is 0 Å². The number of sulfone groups is 1. The highest BCUT2D eigenvalue weighted by molar-refractivity contribution is 7.90. The highest BCUT2D eigenvalue weighted by Crippen LogP contribution is 2.40. The summed E-state index contributed by atoms with van der Waals surface area (Å²) in [5.41, 5.74) is -0.602. The summed E-state index contributed by atoms with van der Waals surface area (Å²) in [5.74, 6) is -0.0186. The molecule has 62 valence electrons. The lowest BCUT2D eigenvalue weighted by molar-refractivity contribution is 0.556. The molecule has 0 radical (unpaired) electrons. The molecule has 0 aromatic heterocycles. The van der Waals surface area contributed by atoms with Gasteiger partial charge in [0.15, 0.2) is 0 Å². The van der Waals surface area contributed by atoms with Crippen molar-refractivity contribution in [2.45, 2.75) is 18.4 Å². The normalized spacial score (nSPS) is 20.5. The average Bonchev–Trinajstić information content (AvgIpc) is 2.44. The Labute approximate surface area is 65.2 Å². The van der Waals surface area contributed by atoms with Crippen LogP contribution in [0, 0.1) is 0 Å². The zero-order chi connectivity index (χ0) is 8.54. The van der Waals surface area contributed by atoms with E-state index in [0.717, 1.165) is 6.26 Å². The lowest BCUT2D eigenvalue weighted by Gasteiger charge is -2.03. The van der Waals surface area contributed by atoms with Gasteiger partial charge in [-0.05, 0) is 12.8 Å². The third-order valence-corrected chi connectivity index (χ3v) is 2.70. The largest absolute Gasteiger partial charge is 0.235 e. The van der Waals surface area contributed by atoms with E-state index >= 15 is 0 Å². The molecule has 1 rings (SSSR count). The molecule has 0 heterocycles. The van der Waals surface area contributed by atoms with Crippen molar-refractivity contribution in [3.8, 4) is 0 Å². The van der Waals surface area contributed by atoms with Crippen molar-refractivity contribution < 1.29 is 13.2 Å². The van der Waals surface area contributed by atoms with E-state index in [2.05, 4.69) is 4.99 Å². The van der Waals surface area contributed by atoms with Gasteiger partial charge in [0.1, 0.15) is 9.84 Å². The maximum atomic E-state index is 10.8. The van der Waals surface area contributed by atoms with Crippen LogP contribution in [0.5, 0.6) is 0 Å². The number of hydrogen-bond donors (Lipinski definition) is 0. The first kappa shape index (κ1) is 8.43. The highest BCUT2D eigenvalue weighted by atomic mass is 32.2. The third kappa shape index (κ3) is 2.44. The van der Waals surface area contributed by atoms with Crippen LogP contribution in [0.15, 0.2) is 4.99 Å². The summed E-state index contributed by atoms with van der Waals surface area (Å²) in [4.78, 5) is 13.3. The van der Waals surface area contributed by atoms with Crippen LogP contribution >= 0.6 is 0 Å². The van der Waals surface area contributed by atoms with E-state index in [-0.39, 0.29) is 5.75 Å². The predicted octanol–water partition coefficient (Wildman–Crippen LogP) is -0.101. The van der Waals surface area contributed by atoms with Gasteiger partial charge in [0.05, 0.1) is 11.3 Å². The van der Waals surface area contributed by atoms with Crippen molar-refractivity contribution in [2.75, 3.05) is 12.0 Å². The lowest BCUT2D eigenvalue weighted by Crippen LogP contribution is -2.19. The Kier molecular flexibility index (Phi) is 1.86. The molecule has 4 nitrogen and oxygen atoms in total. The number of nitrogens with zero attached hydrogens (tertiary/aromatic N) is 1. The number of aliphatic imine (C=N–C) groups is 1. The van der Waals surface area contributed by atoms with E-state index in [0.29, 0.717) is 12.8 Å². The number of rotatable bonds is 3. The van der Waals surface area contributed by atoms with E-state index in [4.69, 9.17) is 0 Å². The van der Waals surface area contributed by atoms with Crippen LogP contribution in [0.2, 0.25) is 0 Å². The van der Waals surface area contributed by atoms with Crippen molar-refractivity contribution in [1.29, 1.82) is 0 Å². The smallest absolute Gasteiger partial charge is 0.229 e. The molecule has 0 aliphatic heterocycles. The second-order valence-electron chi connectivity index (χ2n) is 3.00. The molecule has 0 bridgehead atoms. The molecule has 1 saturated carbocycles. The van der Waals surface area contributed by atoms with E-state index in [1.54, 1.807) is 0 Å². The Morgan fingerprint density at radius 1 is 1.55 bits per heavy atom. The van der Waals surface area contributed by atoms with Gasteiger partial charge in [-0.2, -0.15) is 4.99 Å². The molecular weight excluding hydrogens is 166 g/mol. The average molecular weight is 175 g/mol. The Bertz CT molecular complexity index is 296. The molecule has 0 aromatic rings. The standard InChI is InChI=1S/C6H9NO3S/c1-11(9,10)4-6(2-3-6)7-5-8/h2-4H2,1H3. The van der Waals surface area contributed by atoms with Crippen LogP contribution in [0.25, 0.3) is 0 Å². The molecule has 0 atom stereocenters. The molecule has 1 aliphatic rings. The second kappa shape index (κ2) is 2.43. The van der Waals surface area contributed by atoms with Gasteiger partial charge in [0.2, 0.25) is 6.08 Å². The molecule has 11 heavy (non-hydrogen) atoms. The van der Waals surface area contributed by atoms with Crippen molar-refractivity contribution in [2.24, 2.45) is 4.99 Å². The maximum Gasteiger partial charge on any atom is 0.235 e. The van der Waals surface area contributed by atoms with Crippen LogP contribution in [-0.2, 0) is 14.6 Å². The van der Waals surface area contributed by atoms with Crippen LogP contribution < -0.4 is 0 Å². The third-order valence-electron chi connectivity index (χ3n) is 1.64. The highest BCUT2D eigenvalue weighted by Gasteiger charge is 2.45. The molecule has 1 fully saturated rings.